The summed E-state index contributed by atoms with van der Waals surface area (Å²) in [5.41, 5.74) is -1.53. The zero-order valence-electron chi connectivity index (χ0n) is 15.2. The molecule has 0 heterocycles. The predicted octanol–water partition coefficient (Wildman–Crippen LogP) is 1.18. The van der Waals surface area contributed by atoms with Gasteiger partial charge in [-0.3, -0.25) is 29.3 Å². The lowest BCUT2D eigenvalue weighted by Crippen LogP contribution is -2.49. The minimum absolute atomic E-state index is 0.167. The van der Waals surface area contributed by atoms with Crippen molar-refractivity contribution in [2.75, 3.05) is 35.3 Å². The minimum atomic E-state index is -3.86. The Bertz CT molecular complexity index is 865. The number of hydrogen-bond donors (Lipinski definition) is 2. The van der Waals surface area contributed by atoms with Crippen molar-refractivity contribution in [2.45, 2.75) is 12.5 Å². The molecule has 0 saturated heterocycles. The molecule has 0 fully saturated rings. The van der Waals surface area contributed by atoms with Gasteiger partial charge in [0, 0.05) is 17.0 Å². The molecular weight excluding hydrogens is 527 g/mol. The smallest absolute Gasteiger partial charge is 0.322 e. The van der Waals surface area contributed by atoms with Gasteiger partial charge in [0.05, 0.1) is 41.4 Å². The maximum absolute atomic E-state index is 12.7. The molecule has 13 nitrogen and oxygen atoms in total. The lowest BCUT2D eigenvalue weighted by atomic mass is 10.1. The molecule has 1 aromatic rings. The molecule has 0 saturated carbocycles. The number of nitrogens with zero attached hydrogens (tertiary/aromatic N) is 3. The third-order valence-corrected chi connectivity index (χ3v) is 4.70. The number of benzene rings is 1. The van der Waals surface area contributed by atoms with Gasteiger partial charge in [0.15, 0.2) is 0 Å². The zero-order valence-corrected chi connectivity index (χ0v) is 18.2. The van der Waals surface area contributed by atoms with Gasteiger partial charge >= 0.3 is 6.03 Å². The van der Waals surface area contributed by atoms with E-state index in [1.807, 2.05) is 22.6 Å². The summed E-state index contributed by atoms with van der Waals surface area (Å²) >= 11 is 1.98. The van der Waals surface area contributed by atoms with Crippen LogP contribution in [0.4, 0.5) is 21.9 Å². The Morgan fingerprint density at radius 2 is 2.00 bits per heavy atom. The van der Waals surface area contributed by atoms with E-state index in [2.05, 4.69) is 5.32 Å². The molecule has 0 aromatic heterocycles. The summed E-state index contributed by atoms with van der Waals surface area (Å²) in [5, 5.41) is 33.7. The number of nitrogens with one attached hydrogen (secondary N) is 1. The van der Waals surface area contributed by atoms with E-state index >= 15 is 0 Å². The molecule has 15 heteroatoms. The third kappa shape index (κ3) is 7.67. The Morgan fingerprint density at radius 1 is 1.34 bits per heavy atom. The number of alkyl halides is 1. The van der Waals surface area contributed by atoms with Crippen molar-refractivity contribution < 1.29 is 32.3 Å². The van der Waals surface area contributed by atoms with Gasteiger partial charge in [0.25, 0.3) is 21.5 Å². The summed E-state index contributed by atoms with van der Waals surface area (Å²) in [4.78, 5) is 34.3. The molecule has 1 atom stereocenters. The van der Waals surface area contributed by atoms with Crippen LogP contribution in [0.3, 0.4) is 0 Å². The van der Waals surface area contributed by atoms with Crippen LogP contribution in [-0.2, 0) is 14.3 Å². The van der Waals surface area contributed by atoms with Crippen molar-refractivity contribution in [1.29, 1.82) is 0 Å². The summed E-state index contributed by atoms with van der Waals surface area (Å²) in [6, 6.07) is 0.937. The van der Waals surface area contributed by atoms with Crippen LogP contribution in [0.5, 0.6) is 0 Å². The second-order valence-corrected chi connectivity index (χ2v) is 8.36. The Morgan fingerprint density at radius 3 is 2.48 bits per heavy atom. The number of amides is 2. The number of non-ortho nitro benzene ring substituents is 1. The van der Waals surface area contributed by atoms with E-state index in [0.29, 0.717) is 10.5 Å². The molecule has 29 heavy (non-hydrogen) atoms. The van der Waals surface area contributed by atoms with Crippen LogP contribution in [0.25, 0.3) is 0 Å². The van der Waals surface area contributed by atoms with Crippen LogP contribution in [0, 0.1) is 20.2 Å². The van der Waals surface area contributed by atoms with Crippen LogP contribution in [0.1, 0.15) is 6.42 Å². The molecular formula is C14H19IN4O9S. The number of urea groups is 1. The number of anilines is 1. The maximum atomic E-state index is 12.7. The first-order chi connectivity index (χ1) is 13.5. The summed E-state index contributed by atoms with van der Waals surface area (Å²) in [6.45, 7) is -1.05. The molecule has 0 bridgehead atoms. The summed E-state index contributed by atoms with van der Waals surface area (Å²) in [6.07, 6.45) is 1.02. The Kier molecular flexibility index (Phi) is 9.60. The average molecular weight is 546 g/mol. The molecule has 0 spiro atoms. The average Bonchev–Trinajstić information content (AvgIpc) is 2.63. The number of aliphatic hydroxyl groups is 1. The first-order valence-electron chi connectivity index (χ1n) is 8.03. The van der Waals surface area contributed by atoms with Crippen molar-refractivity contribution in [3.63, 3.8) is 0 Å². The molecule has 0 aliphatic heterocycles. The molecule has 2 amide bonds. The van der Waals surface area contributed by atoms with Gasteiger partial charge in [-0.2, -0.15) is 8.42 Å². The molecule has 0 aliphatic carbocycles. The SMILES string of the molecule is CS(=O)(=O)OCC(CCI)N(C(=O)NCCO)c1ccc([N+](=O)[O-])cc1[N+](=O)[O-]. The highest BCUT2D eigenvalue weighted by atomic mass is 127. The molecule has 1 aromatic carbocycles. The van der Waals surface area contributed by atoms with Crippen molar-refractivity contribution in [1.82, 2.24) is 5.32 Å². The van der Waals surface area contributed by atoms with E-state index in [1.54, 1.807) is 0 Å². The summed E-state index contributed by atoms with van der Waals surface area (Å²) < 4.78 is 28.0. The zero-order chi connectivity index (χ0) is 22.2. The van der Waals surface area contributed by atoms with Gasteiger partial charge in [0.2, 0.25) is 0 Å². The van der Waals surface area contributed by atoms with E-state index in [4.69, 9.17) is 9.29 Å². The number of rotatable bonds is 11. The third-order valence-electron chi connectivity index (χ3n) is 3.51. The van der Waals surface area contributed by atoms with Crippen LogP contribution >= 0.6 is 22.6 Å². The fourth-order valence-electron chi connectivity index (χ4n) is 2.31. The molecule has 0 aliphatic rings. The van der Waals surface area contributed by atoms with E-state index in [0.717, 1.165) is 23.3 Å². The van der Waals surface area contributed by atoms with Gasteiger partial charge < -0.3 is 10.4 Å². The monoisotopic (exact) mass is 546 g/mol. The van der Waals surface area contributed by atoms with Crippen molar-refractivity contribution in [3.05, 3.63) is 38.4 Å². The van der Waals surface area contributed by atoms with Crippen LogP contribution in [-0.4, -0.2) is 65.9 Å². The standard InChI is InChI=1S/C14H19IN4O9S/c1-29(26,27)28-9-11(4-5-15)17(14(21)16-6-7-20)12-3-2-10(18(22)23)8-13(12)19(24)25/h2-3,8,11,20H,4-7,9H2,1H3,(H,16,21). The molecule has 0 radical (unpaired) electrons. The first kappa shape index (κ1) is 24.9. The second kappa shape index (κ2) is 11.2. The van der Waals surface area contributed by atoms with Gasteiger partial charge in [-0.25, -0.2) is 4.79 Å². The van der Waals surface area contributed by atoms with Gasteiger partial charge in [-0.15, -0.1) is 0 Å². The maximum Gasteiger partial charge on any atom is 0.322 e. The van der Waals surface area contributed by atoms with Crippen molar-refractivity contribution >= 4 is 55.8 Å². The highest BCUT2D eigenvalue weighted by molar-refractivity contribution is 14.1. The summed E-state index contributed by atoms with van der Waals surface area (Å²) in [7, 11) is -3.86. The van der Waals surface area contributed by atoms with Gasteiger partial charge in [-0.05, 0) is 12.5 Å². The lowest BCUT2D eigenvalue weighted by molar-refractivity contribution is -0.393. The highest BCUT2D eigenvalue weighted by Crippen LogP contribution is 2.34. The minimum Gasteiger partial charge on any atom is -0.395 e. The predicted molar refractivity (Wildman–Crippen MR) is 111 cm³/mol. The molecule has 1 unspecified atom stereocenters. The van der Waals surface area contributed by atoms with E-state index < -0.39 is 56.6 Å². The van der Waals surface area contributed by atoms with E-state index in [9.17, 15) is 33.4 Å². The van der Waals surface area contributed by atoms with Crippen molar-refractivity contribution in [3.8, 4) is 0 Å². The van der Waals surface area contributed by atoms with E-state index in [1.165, 1.54) is 0 Å². The first-order valence-corrected chi connectivity index (χ1v) is 11.4. The highest BCUT2D eigenvalue weighted by Gasteiger charge is 2.33. The number of carbonyl (C=O) groups is 1. The second-order valence-electron chi connectivity index (χ2n) is 5.63. The fraction of sp³-hybridized carbons (Fsp3) is 0.500. The fourth-order valence-corrected chi connectivity index (χ4v) is 3.43. The number of halogens is 1. The topological polar surface area (TPSA) is 182 Å². The van der Waals surface area contributed by atoms with Gasteiger partial charge in [0.1, 0.15) is 5.69 Å². The van der Waals surface area contributed by atoms with Gasteiger partial charge in [-0.1, -0.05) is 22.6 Å². The Balaban J connectivity index is 3.52. The molecule has 162 valence electrons. The van der Waals surface area contributed by atoms with E-state index in [-0.39, 0.29) is 18.7 Å². The Labute approximate surface area is 179 Å². The summed E-state index contributed by atoms with van der Waals surface area (Å²) in [5.74, 6) is 0. The normalized spacial score (nSPS) is 12.2. The number of carbonyl (C=O) groups excluding carboxylic acids is 1. The lowest BCUT2D eigenvalue weighted by Gasteiger charge is -2.30. The number of nitro groups is 2. The van der Waals surface area contributed by atoms with Crippen LogP contribution in [0.2, 0.25) is 0 Å². The number of aliphatic hydroxyl groups excluding tert-OH is 1. The quantitative estimate of drug-likeness (QED) is 0.135. The Hall–Kier alpha value is -2.11. The molecule has 2 N–H and O–H groups in total. The molecule has 1 rings (SSSR count). The number of nitro benzene ring substituents is 2. The van der Waals surface area contributed by atoms with Crippen molar-refractivity contribution in [2.24, 2.45) is 0 Å². The largest absolute Gasteiger partial charge is 0.395 e. The van der Waals surface area contributed by atoms with Crippen LogP contribution in [0.15, 0.2) is 18.2 Å². The number of hydrogen-bond acceptors (Lipinski definition) is 9. The van der Waals surface area contributed by atoms with Crippen LogP contribution < -0.4 is 10.2 Å².